The molecule has 0 saturated heterocycles. The van der Waals surface area contributed by atoms with Crippen molar-refractivity contribution in [3.8, 4) is 0 Å². The fourth-order valence-electron chi connectivity index (χ4n) is 4.66. The van der Waals surface area contributed by atoms with E-state index in [1.807, 2.05) is 0 Å². The highest BCUT2D eigenvalue weighted by molar-refractivity contribution is 6.73. The van der Waals surface area contributed by atoms with Crippen molar-refractivity contribution in [1.82, 2.24) is 4.98 Å². The molecule has 27 heavy (non-hydrogen) atoms. The van der Waals surface area contributed by atoms with Crippen LogP contribution in [0.15, 0.2) is 12.4 Å². The zero-order valence-electron chi connectivity index (χ0n) is 17.6. The number of halogens is 2. The average Bonchev–Trinajstić information content (AvgIpc) is 2.66. The van der Waals surface area contributed by atoms with Crippen molar-refractivity contribution in [2.24, 2.45) is 5.41 Å². The monoisotopic (exact) mass is 429 g/mol. The fourth-order valence-corrected chi connectivity index (χ4v) is 8.11. The van der Waals surface area contributed by atoms with Gasteiger partial charge < -0.3 is 4.43 Å². The Labute approximate surface area is 177 Å². The van der Waals surface area contributed by atoms with Gasteiger partial charge in [-0.15, -0.1) is 0 Å². The van der Waals surface area contributed by atoms with Gasteiger partial charge in [-0.1, -0.05) is 76.6 Å². The summed E-state index contributed by atoms with van der Waals surface area (Å²) in [6.07, 6.45) is 13.7. The molecule has 5 heteroatoms. The van der Waals surface area contributed by atoms with Crippen LogP contribution in [-0.2, 0) is 4.43 Å². The summed E-state index contributed by atoms with van der Waals surface area (Å²) in [5, 5.41) is 1.28. The van der Waals surface area contributed by atoms with E-state index in [4.69, 9.17) is 27.6 Å². The third-order valence-corrected chi connectivity index (χ3v) is 12.1. The summed E-state index contributed by atoms with van der Waals surface area (Å²) >= 11 is 13.1. The third kappa shape index (κ3) is 6.19. The summed E-state index contributed by atoms with van der Waals surface area (Å²) in [7, 11) is -1.76. The van der Waals surface area contributed by atoms with Gasteiger partial charge in [0.25, 0.3) is 0 Å². The quantitative estimate of drug-likeness (QED) is 0.347. The Hall–Kier alpha value is -0.0931. The summed E-state index contributed by atoms with van der Waals surface area (Å²) in [6, 6.07) is 3.40. The lowest BCUT2D eigenvalue weighted by Gasteiger charge is -2.36. The van der Waals surface area contributed by atoms with E-state index in [1.54, 1.807) is 12.4 Å². The van der Waals surface area contributed by atoms with Crippen molar-refractivity contribution in [2.45, 2.75) is 103 Å². The molecule has 1 saturated carbocycles. The minimum Gasteiger partial charge on any atom is -0.410 e. The molecule has 0 aromatic carbocycles. The van der Waals surface area contributed by atoms with Crippen LogP contribution in [0.1, 0.15) is 90.7 Å². The van der Waals surface area contributed by atoms with Gasteiger partial charge >= 0.3 is 0 Å². The van der Waals surface area contributed by atoms with Crippen LogP contribution in [0.4, 0.5) is 0 Å². The molecule has 154 valence electrons. The Morgan fingerprint density at radius 2 is 1.59 bits per heavy atom. The first-order chi connectivity index (χ1) is 12.9. The minimum absolute atomic E-state index is 0.00768. The second-order valence-electron chi connectivity index (χ2n) is 8.63. The van der Waals surface area contributed by atoms with Crippen molar-refractivity contribution in [3.63, 3.8) is 0 Å². The van der Waals surface area contributed by atoms with E-state index in [1.165, 1.54) is 38.5 Å². The van der Waals surface area contributed by atoms with Crippen LogP contribution in [-0.4, -0.2) is 13.3 Å². The van der Waals surface area contributed by atoms with Gasteiger partial charge in [-0.25, -0.2) is 0 Å². The van der Waals surface area contributed by atoms with Gasteiger partial charge in [0.15, 0.2) is 8.32 Å². The molecular weight excluding hydrogens is 393 g/mol. The van der Waals surface area contributed by atoms with Crippen LogP contribution in [0.3, 0.4) is 0 Å². The first kappa shape index (κ1) is 23.2. The molecule has 1 heterocycles. The van der Waals surface area contributed by atoms with E-state index in [2.05, 4.69) is 32.7 Å². The third-order valence-electron chi connectivity index (χ3n) is 6.84. The number of hydrogen-bond acceptors (Lipinski definition) is 2. The van der Waals surface area contributed by atoms with Crippen molar-refractivity contribution in [1.29, 1.82) is 0 Å². The maximum Gasteiger partial charge on any atom is 0.192 e. The summed E-state index contributed by atoms with van der Waals surface area (Å²) in [4.78, 5) is 4.14. The number of rotatable bonds is 10. The van der Waals surface area contributed by atoms with Gasteiger partial charge in [0.05, 0.1) is 16.1 Å². The van der Waals surface area contributed by atoms with Crippen LogP contribution >= 0.6 is 23.2 Å². The molecule has 1 fully saturated rings. The van der Waals surface area contributed by atoms with Gasteiger partial charge in [0.2, 0.25) is 0 Å². The minimum atomic E-state index is -1.76. The molecule has 1 aromatic heterocycles. The van der Waals surface area contributed by atoms with E-state index in [-0.39, 0.29) is 6.10 Å². The maximum absolute atomic E-state index is 6.90. The van der Waals surface area contributed by atoms with E-state index in [9.17, 15) is 0 Å². The molecular formula is C22H37Cl2NOSi. The lowest BCUT2D eigenvalue weighted by Crippen LogP contribution is -2.37. The smallest absolute Gasteiger partial charge is 0.192 e. The highest BCUT2D eigenvalue weighted by atomic mass is 35.5. The summed E-state index contributed by atoms with van der Waals surface area (Å²) in [6.45, 7) is 9.29. The van der Waals surface area contributed by atoms with Crippen LogP contribution in [0.25, 0.3) is 0 Å². The van der Waals surface area contributed by atoms with Crippen LogP contribution in [0, 0.1) is 5.41 Å². The van der Waals surface area contributed by atoms with E-state index in [0.717, 1.165) is 36.5 Å². The predicted octanol–water partition coefficient (Wildman–Crippen LogP) is 8.59. The van der Waals surface area contributed by atoms with Gasteiger partial charge in [-0.2, -0.15) is 0 Å². The lowest BCUT2D eigenvalue weighted by atomic mass is 9.72. The van der Waals surface area contributed by atoms with Crippen LogP contribution < -0.4 is 0 Å². The van der Waals surface area contributed by atoms with Gasteiger partial charge in [-0.3, -0.25) is 4.98 Å². The molecule has 2 rings (SSSR count). The zero-order chi connectivity index (χ0) is 19.9. The molecule has 0 spiro atoms. The van der Waals surface area contributed by atoms with E-state index in [0.29, 0.717) is 15.5 Å². The van der Waals surface area contributed by atoms with Crippen molar-refractivity contribution in [2.75, 3.05) is 0 Å². The first-order valence-electron chi connectivity index (χ1n) is 10.9. The average molecular weight is 431 g/mol. The molecule has 0 radical (unpaired) electrons. The molecule has 0 N–H and O–H groups in total. The van der Waals surface area contributed by atoms with E-state index < -0.39 is 8.32 Å². The molecule has 0 amide bonds. The lowest BCUT2D eigenvalue weighted by molar-refractivity contribution is 0.150. The number of aromatic nitrogens is 1. The Bertz CT molecular complexity index is 557. The maximum atomic E-state index is 6.90. The molecule has 0 bridgehead atoms. The molecule has 1 atom stereocenters. The topological polar surface area (TPSA) is 22.1 Å². The molecule has 2 nitrogen and oxygen atoms in total. The molecule has 1 aliphatic carbocycles. The highest BCUT2D eigenvalue weighted by Crippen LogP contribution is 2.43. The Balaban J connectivity index is 2.16. The number of pyridine rings is 1. The largest absolute Gasteiger partial charge is 0.410 e. The molecule has 1 aliphatic rings. The first-order valence-corrected chi connectivity index (χ1v) is 14.1. The Morgan fingerprint density at radius 3 is 2.11 bits per heavy atom. The molecule has 0 aliphatic heterocycles. The van der Waals surface area contributed by atoms with E-state index >= 15 is 0 Å². The number of nitrogens with zero attached hydrogens (tertiary/aromatic N) is 1. The van der Waals surface area contributed by atoms with Crippen molar-refractivity contribution >= 4 is 31.5 Å². The van der Waals surface area contributed by atoms with Gasteiger partial charge in [0, 0.05) is 18.0 Å². The van der Waals surface area contributed by atoms with Crippen LogP contribution in [0.5, 0.6) is 0 Å². The van der Waals surface area contributed by atoms with Crippen LogP contribution in [0.2, 0.25) is 28.2 Å². The second kappa shape index (κ2) is 10.6. The Kier molecular flexibility index (Phi) is 9.12. The fraction of sp³-hybridized carbons (Fsp3) is 0.773. The summed E-state index contributed by atoms with van der Waals surface area (Å²) in [5.74, 6) is 0. The second-order valence-corrected chi connectivity index (χ2v) is 14.2. The molecule has 1 aromatic rings. The van der Waals surface area contributed by atoms with Crippen molar-refractivity contribution in [3.05, 3.63) is 28.0 Å². The Morgan fingerprint density at radius 1 is 1.04 bits per heavy atom. The van der Waals surface area contributed by atoms with Gasteiger partial charge in [0.1, 0.15) is 0 Å². The standard InChI is InChI=1S/C22H37Cl2NOSi/c1-5-27(6-2,7-3)26-20(21-18(23)16-25-17-19(21)24)12-11-15-22(4)13-9-8-10-14-22/h16-17,20H,5-15H2,1-4H3. The number of hydrogen-bond donors (Lipinski definition) is 0. The summed E-state index contributed by atoms with van der Waals surface area (Å²) in [5.41, 5.74) is 1.46. The van der Waals surface area contributed by atoms with Gasteiger partial charge in [-0.05, 0) is 49.2 Å². The summed E-state index contributed by atoms with van der Waals surface area (Å²) < 4.78 is 6.90. The SMILES string of the molecule is CC[Si](CC)(CC)OC(CCCC1(C)CCCCC1)c1c(Cl)cncc1Cl. The normalized spacial score (nSPS) is 18.4. The zero-order valence-corrected chi connectivity index (χ0v) is 20.1. The van der Waals surface area contributed by atoms with Crippen molar-refractivity contribution < 1.29 is 4.43 Å². The molecule has 1 unspecified atom stereocenters. The highest BCUT2D eigenvalue weighted by Gasteiger charge is 2.34. The predicted molar refractivity (Wildman–Crippen MR) is 120 cm³/mol.